The number of rotatable bonds is 4. The van der Waals surface area contributed by atoms with Crippen LogP contribution in [0.15, 0.2) is 22.7 Å². The molecule has 1 aromatic rings. The Bertz CT molecular complexity index is 450. The number of halogens is 4. The zero-order valence-corrected chi connectivity index (χ0v) is 12.2. The van der Waals surface area contributed by atoms with Gasteiger partial charge in [-0.25, -0.2) is 0 Å². The van der Waals surface area contributed by atoms with E-state index >= 15 is 0 Å². The van der Waals surface area contributed by atoms with Crippen LogP contribution in [0.5, 0.6) is 0 Å². The molecule has 18 heavy (non-hydrogen) atoms. The summed E-state index contributed by atoms with van der Waals surface area (Å²) in [6.07, 6.45) is -2.89. The second-order valence-electron chi connectivity index (χ2n) is 3.97. The first-order valence-electron chi connectivity index (χ1n) is 5.13. The molecule has 0 bridgehead atoms. The van der Waals surface area contributed by atoms with Crippen LogP contribution in [-0.4, -0.2) is 22.3 Å². The Morgan fingerprint density at radius 3 is 2.56 bits per heavy atom. The van der Waals surface area contributed by atoms with Crippen molar-refractivity contribution >= 4 is 32.4 Å². The summed E-state index contributed by atoms with van der Waals surface area (Å²) in [5, 5.41) is 2.75. The average Bonchev–Trinajstić information content (AvgIpc) is 2.13. The van der Waals surface area contributed by atoms with Gasteiger partial charge in [0, 0.05) is 39.0 Å². The van der Waals surface area contributed by atoms with Crippen molar-refractivity contribution in [3.63, 3.8) is 0 Å². The molecular formula is C11H13BrF3NOS. The van der Waals surface area contributed by atoms with E-state index in [-0.39, 0.29) is 11.7 Å². The van der Waals surface area contributed by atoms with E-state index in [0.29, 0.717) is 10.2 Å². The van der Waals surface area contributed by atoms with Gasteiger partial charge in [-0.15, -0.1) is 0 Å². The van der Waals surface area contributed by atoms with Crippen LogP contribution in [0.2, 0.25) is 0 Å². The van der Waals surface area contributed by atoms with Crippen molar-refractivity contribution in [3.05, 3.63) is 28.2 Å². The maximum atomic E-state index is 12.8. The molecule has 1 rings (SSSR count). The molecule has 0 saturated heterocycles. The van der Waals surface area contributed by atoms with Gasteiger partial charge in [0.1, 0.15) is 0 Å². The molecule has 0 spiro atoms. The standard InChI is InChI=1S/C11H13BrF3NOS/c1-7(6-18(2)17)16-10-5-8(12)3-4-9(10)11(13,14)15/h3-5,7,16H,6H2,1-2H3. The lowest BCUT2D eigenvalue weighted by atomic mass is 10.1. The van der Waals surface area contributed by atoms with Crippen LogP contribution in [-0.2, 0) is 17.0 Å². The molecule has 0 aromatic heterocycles. The number of alkyl halides is 3. The normalized spacial score (nSPS) is 15.2. The third-order valence-corrected chi connectivity index (χ3v) is 3.64. The van der Waals surface area contributed by atoms with E-state index in [0.717, 1.165) is 6.07 Å². The molecule has 0 aliphatic rings. The summed E-state index contributed by atoms with van der Waals surface area (Å²) in [7, 11) is -1.06. The zero-order chi connectivity index (χ0) is 13.9. The van der Waals surface area contributed by atoms with Crippen LogP contribution in [0.4, 0.5) is 18.9 Å². The minimum atomic E-state index is -4.41. The lowest BCUT2D eigenvalue weighted by Crippen LogP contribution is -2.24. The average molecular weight is 344 g/mol. The zero-order valence-electron chi connectivity index (χ0n) is 9.84. The van der Waals surface area contributed by atoms with Gasteiger partial charge in [0.25, 0.3) is 0 Å². The Balaban J connectivity index is 2.99. The molecule has 1 N–H and O–H groups in total. The quantitative estimate of drug-likeness (QED) is 0.904. The summed E-state index contributed by atoms with van der Waals surface area (Å²) in [5.41, 5.74) is -0.728. The Morgan fingerprint density at radius 1 is 1.44 bits per heavy atom. The number of hydrogen-bond acceptors (Lipinski definition) is 2. The fourth-order valence-corrected chi connectivity index (χ4v) is 2.69. The number of nitrogens with one attached hydrogen (secondary N) is 1. The molecule has 2 unspecified atom stereocenters. The summed E-state index contributed by atoms with van der Waals surface area (Å²) >= 11 is 3.14. The van der Waals surface area contributed by atoms with Gasteiger partial charge >= 0.3 is 6.18 Å². The van der Waals surface area contributed by atoms with Gasteiger partial charge in [0.15, 0.2) is 0 Å². The molecule has 0 heterocycles. The van der Waals surface area contributed by atoms with E-state index < -0.39 is 22.5 Å². The molecule has 7 heteroatoms. The van der Waals surface area contributed by atoms with Gasteiger partial charge in [0.05, 0.1) is 5.56 Å². The molecule has 0 saturated carbocycles. The van der Waals surface area contributed by atoms with E-state index in [1.165, 1.54) is 18.4 Å². The molecule has 0 amide bonds. The van der Waals surface area contributed by atoms with Gasteiger partial charge in [-0.1, -0.05) is 15.9 Å². The van der Waals surface area contributed by atoms with Crippen LogP contribution >= 0.6 is 15.9 Å². The lowest BCUT2D eigenvalue weighted by molar-refractivity contribution is -0.137. The Labute approximate surface area is 115 Å². The molecule has 102 valence electrons. The fraction of sp³-hybridized carbons (Fsp3) is 0.455. The molecule has 0 radical (unpaired) electrons. The molecular weight excluding hydrogens is 331 g/mol. The summed E-state index contributed by atoms with van der Waals surface area (Å²) in [6.45, 7) is 1.70. The molecule has 0 aliphatic carbocycles. The van der Waals surface area contributed by atoms with Crippen LogP contribution in [0.25, 0.3) is 0 Å². The van der Waals surface area contributed by atoms with Gasteiger partial charge < -0.3 is 5.32 Å². The molecule has 2 atom stereocenters. The van der Waals surface area contributed by atoms with Crippen LogP contribution in [0.1, 0.15) is 12.5 Å². The molecule has 2 nitrogen and oxygen atoms in total. The monoisotopic (exact) mass is 343 g/mol. The highest BCUT2D eigenvalue weighted by Crippen LogP contribution is 2.36. The Kier molecular flexibility index (Phi) is 5.21. The first-order chi connectivity index (χ1) is 8.20. The summed E-state index contributed by atoms with van der Waals surface area (Å²) in [6, 6.07) is 3.43. The smallest absolute Gasteiger partial charge is 0.381 e. The highest BCUT2D eigenvalue weighted by molar-refractivity contribution is 9.10. The first-order valence-corrected chi connectivity index (χ1v) is 7.65. The maximum Gasteiger partial charge on any atom is 0.418 e. The van der Waals surface area contributed by atoms with E-state index in [1.54, 1.807) is 6.92 Å². The topological polar surface area (TPSA) is 29.1 Å². The predicted molar refractivity (Wildman–Crippen MR) is 71.2 cm³/mol. The second kappa shape index (κ2) is 6.06. The summed E-state index contributed by atoms with van der Waals surface area (Å²) in [5.74, 6) is 0.295. The van der Waals surface area contributed by atoms with Crippen molar-refractivity contribution in [2.75, 3.05) is 17.3 Å². The number of benzene rings is 1. The van der Waals surface area contributed by atoms with Crippen molar-refractivity contribution in [2.45, 2.75) is 19.1 Å². The second-order valence-corrected chi connectivity index (χ2v) is 6.37. The predicted octanol–water partition coefficient (Wildman–Crippen LogP) is 3.65. The molecule has 1 aromatic carbocycles. The van der Waals surface area contributed by atoms with Crippen LogP contribution < -0.4 is 5.32 Å². The lowest BCUT2D eigenvalue weighted by Gasteiger charge is -2.19. The van der Waals surface area contributed by atoms with E-state index in [2.05, 4.69) is 21.2 Å². The third-order valence-electron chi connectivity index (χ3n) is 2.17. The molecule has 0 fully saturated rings. The van der Waals surface area contributed by atoms with E-state index in [1.807, 2.05) is 0 Å². The fourth-order valence-electron chi connectivity index (χ4n) is 1.54. The molecule has 0 aliphatic heterocycles. The van der Waals surface area contributed by atoms with Crippen LogP contribution in [0, 0.1) is 0 Å². The van der Waals surface area contributed by atoms with E-state index in [9.17, 15) is 17.4 Å². The summed E-state index contributed by atoms with van der Waals surface area (Å²) in [4.78, 5) is 0. The minimum absolute atomic E-state index is 0.00479. The van der Waals surface area contributed by atoms with E-state index in [4.69, 9.17) is 0 Å². The van der Waals surface area contributed by atoms with Crippen molar-refractivity contribution in [2.24, 2.45) is 0 Å². The Hall–Kier alpha value is -0.560. The largest absolute Gasteiger partial charge is 0.418 e. The highest BCUT2D eigenvalue weighted by Gasteiger charge is 2.33. The number of hydrogen-bond donors (Lipinski definition) is 1. The maximum absolute atomic E-state index is 12.8. The number of anilines is 1. The van der Waals surface area contributed by atoms with Crippen molar-refractivity contribution in [1.29, 1.82) is 0 Å². The van der Waals surface area contributed by atoms with Crippen LogP contribution in [0.3, 0.4) is 0 Å². The third kappa shape index (κ3) is 4.61. The summed E-state index contributed by atoms with van der Waals surface area (Å²) < 4.78 is 49.9. The van der Waals surface area contributed by atoms with Crippen molar-refractivity contribution in [3.8, 4) is 0 Å². The SMILES string of the molecule is CC(CS(C)=O)Nc1cc(Br)ccc1C(F)(F)F. The van der Waals surface area contributed by atoms with Gasteiger partial charge in [0.2, 0.25) is 0 Å². The first kappa shape index (κ1) is 15.5. The minimum Gasteiger partial charge on any atom is -0.381 e. The van der Waals surface area contributed by atoms with Gasteiger partial charge in [-0.2, -0.15) is 13.2 Å². The van der Waals surface area contributed by atoms with Crippen molar-refractivity contribution < 1.29 is 17.4 Å². The highest BCUT2D eigenvalue weighted by atomic mass is 79.9. The van der Waals surface area contributed by atoms with Gasteiger partial charge in [-0.3, -0.25) is 4.21 Å². The van der Waals surface area contributed by atoms with Crippen molar-refractivity contribution in [1.82, 2.24) is 0 Å². The Morgan fingerprint density at radius 2 is 2.06 bits per heavy atom. The van der Waals surface area contributed by atoms with Gasteiger partial charge in [-0.05, 0) is 25.1 Å².